The molecule has 52 valence electrons. The van der Waals surface area contributed by atoms with Crippen LogP contribution in [-0.2, 0) is 4.79 Å². The lowest BCUT2D eigenvalue weighted by molar-refractivity contribution is -0.136. The smallest absolute Gasteiger partial charge is 0.316 e. The summed E-state index contributed by atoms with van der Waals surface area (Å²) in [6, 6.07) is 0. The van der Waals surface area contributed by atoms with Gasteiger partial charge in [-0.25, -0.2) is 0 Å². The highest BCUT2D eigenvalue weighted by Gasteiger charge is 2.28. The number of carboxylic acid groups (broad SMARTS) is 1. The molecule has 0 aliphatic carbocycles. The summed E-state index contributed by atoms with van der Waals surface area (Å²) >= 11 is 1.31. The molecule has 1 rings (SSSR count). The van der Waals surface area contributed by atoms with E-state index >= 15 is 0 Å². The van der Waals surface area contributed by atoms with Crippen LogP contribution in [0.3, 0.4) is 0 Å². The Labute approximate surface area is 57.1 Å². The fourth-order valence-corrected chi connectivity index (χ4v) is 1.87. The van der Waals surface area contributed by atoms with Gasteiger partial charge in [0.2, 0.25) is 0 Å². The van der Waals surface area contributed by atoms with E-state index in [-0.39, 0.29) is 5.25 Å². The molecule has 0 bridgehead atoms. The molecular weight excluding hydrogens is 140 g/mol. The maximum atomic E-state index is 10.2. The molecular formula is C5H8O3S. The zero-order valence-corrected chi connectivity index (χ0v) is 5.60. The molecule has 0 amide bonds. The van der Waals surface area contributed by atoms with Gasteiger partial charge in [0.15, 0.2) is 0 Å². The Kier molecular flexibility index (Phi) is 1.97. The molecule has 0 aromatic rings. The third-order valence-corrected chi connectivity index (χ3v) is 2.63. The van der Waals surface area contributed by atoms with Crippen molar-refractivity contribution >= 4 is 17.7 Å². The van der Waals surface area contributed by atoms with Crippen molar-refractivity contribution in [1.82, 2.24) is 0 Å². The number of carbonyl (C=O) groups is 1. The second-order valence-corrected chi connectivity index (χ2v) is 3.29. The summed E-state index contributed by atoms with van der Waals surface area (Å²) in [7, 11) is 0. The lowest BCUT2D eigenvalue weighted by Gasteiger charge is -1.98. The minimum Gasteiger partial charge on any atom is -0.480 e. The summed E-state index contributed by atoms with van der Waals surface area (Å²) in [6.45, 7) is 0. The largest absolute Gasteiger partial charge is 0.480 e. The lowest BCUT2D eigenvalue weighted by Crippen LogP contribution is -2.14. The van der Waals surface area contributed by atoms with E-state index in [1.807, 2.05) is 0 Å². The van der Waals surface area contributed by atoms with Gasteiger partial charge in [-0.05, 0) is 6.42 Å². The normalized spacial score (nSPS) is 34.8. The quantitative estimate of drug-likeness (QED) is 0.547. The maximum absolute atomic E-state index is 10.2. The number of aliphatic carboxylic acids is 1. The van der Waals surface area contributed by atoms with Crippen molar-refractivity contribution in [3.63, 3.8) is 0 Å². The summed E-state index contributed by atoms with van der Waals surface area (Å²) in [4.78, 5) is 10.2. The average molecular weight is 148 g/mol. The van der Waals surface area contributed by atoms with E-state index in [2.05, 4.69) is 0 Å². The van der Waals surface area contributed by atoms with E-state index in [4.69, 9.17) is 10.2 Å². The maximum Gasteiger partial charge on any atom is 0.316 e. The first-order valence-electron chi connectivity index (χ1n) is 2.72. The second-order valence-electron chi connectivity index (χ2n) is 2.05. The van der Waals surface area contributed by atoms with E-state index in [1.54, 1.807) is 0 Å². The van der Waals surface area contributed by atoms with Gasteiger partial charge in [-0.1, -0.05) is 0 Å². The Morgan fingerprint density at radius 2 is 2.33 bits per heavy atom. The van der Waals surface area contributed by atoms with Crippen molar-refractivity contribution in [3.05, 3.63) is 0 Å². The Hall–Kier alpha value is -0.220. The topological polar surface area (TPSA) is 57.5 Å². The van der Waals surface area contributed by atoms with Gasteiger partial charge >= 0.3 is 5.97 Å². The number of hydrogen-bond donors (Lipinski definition) is 2. The molecule has 0 saturated carbocycles. The molecule has 0 spiro atoms. The van der Waals surface area contributed by atoms with Gasteiger partial charge in [-0.2, -0.15) is 0 Å². The van der Waals surface area contributed by atoms with Crippen molar-refractivity contribution in [1.29, 1.82) is 0 Å². The summed E-state index contributed by atoms with van der Waals surface area (Å²) in [6.07, 6.45) is -0.00361. The number of thioether (sulfide) groups is 1. The van der Waals surface area contributed by atoms with Crippen LogP contribution in [-0.4, -0.2) is 33.3 Å². The molecule has 2 N–H and O–H groups in total. The van der Waals surface area contributed by atoms with Crippen molar-refractivity contribution < 1.29 is 15.0 Å². The van der Waals surface area contributed by atoms with Crippen molar-refractivity contribution in [3.8, 4) is 0 Å². The van der Waals surface area contributed by atoms with Crippen molar-refractivity contribution in [2.75, 3.05) is 5.75 Å². The van der Waals surface area contributed by atoms with Crippen LogP contribution in [0, 0.1) is 0 Å². The molecule has 2 atom stereocenters. The molecule has 4 heteroatoms. The van der Waals surface area contributed by atoms with E-state index in [0.29, 0.717) is 12.2 Å². The fourth-order valence-electron chi connectivity index (χ4n) is 0.783. The predicted octanol–water partition coefficient (Wildman–Crippen LogP) is -0.0626. The van der Waals surface area contributed by atoms with Gasteiger partial charge in [0.1, 0.15) is 5.25 Å². The molecule has 9 heavy (non-hydrogen) atoms. The van der Waals surface area contributed by atoms with Crippen LogP contribution >= 0.6 is 11.8 Å². The number of aliphatic hydroxyl groups excluding tert-OH is 1. The van der Waals surface area contributed by atoms with E-state index in [9.17, 15) is 4.79 Å². The van der Waals surface area contributed by atoms with Crippen LogP contribution in [0.15, 0.2) is 0 Å². The lowest BCUT2D eigenvalue weighted by atomic mass is 10.2. The Morgan fingerprint density at radius 3 is 2.56 bits per heavy atom. The predicted molar refractivity (Wildman–Crippen MR) is 34.5 cm³/mol. The van der Waals surface area contributed by atoms with Crippen molar-refractivity contribution in [2.45, 2.75) is 17.8 Å². The highest BCUT2D eigenvalue weighted by molar-refractivity contribution is 8.00. The third-order valence-electron chi connectivity index (χ3n) is 1.25. The molecule has 1 fully saturated rings. The zero-order chi connectivity index (χ0) is 6.85. The van der Waals surface area contributed by atoms with Crippen LogP contribution in [0.1, 0.15) is 6.42 Å². The second kappa shape index (κ2) is 2.58. The Morgan fingerprint density at radius 1 is 1.67 bits per heavy atom. The summed E-state index contributed by atoms with van der Waals surface area (Å²) in [5.41, 5.74) is 0. The first-order chi connectivity index (χ1) is 4.20. The van der Waals surface area contributed by atoms with Gasteiger partial charge in [0.25, 0.3) is 0 Å². The van der Waals surface area contributed by atoms with Crippen LogP contribution in [0.4, 0.5) is 0 Å². The summed E-state index contributed by atoms with van der Waals surface area (Å²) in [5.74, 6) is -0.242. The molecule has 0 radical (unpaired) electrons. The van der Waals surface area contributed by atoms with Crippen LogP contribution in [0.5, 0.6) is 0 Å². The molecule has 3 nitrogen and oxygen atoms in total. The van der Waals surface area contributed by atoms with E-state index in [0.717, 1.165) is 0 Å². The van der Waals surface area contributed by atoms with Gasteiger partial charge < -0.3 is 10.2 Å². The van der Waals surface area contributed by atoms with Crippen LogP contribution in [0.2, 0.25) is 0 Å². The molecule has 1 heterocycles. The Bertz CT molecular complexity index is 125. The van der Waals surface area contributed by atoms with E-state index in [1.165, 1.54) is 11.8 Å². The van der Waals surface area contributed by atoms with Gasteiger partial charge in [-0.15, -0.1) is 11.8 Å². The first kappa shape index (κ1) is 6.89. The number of rotatable bonds is 1. The molecule has 1 aliphatic heterocycles. The molecule has 1 aliphatic rings. The number of aliphatic hydroxyl groups is 1. The standard InChI is InChI=1S/C5H8O3S/c6-3-1-4(5(7)8)9-2-3/h3-4,6H,1-2H2,(H,7,8)/t3-,4+/m1/s1. The number of carboxylic acids is 1. The molecule has 1 saturated heterocycles. The fraction of sp³-hybridized carbons (Fsp3) is 0.800. The average Bonchev–Trinajstić information content (AvgIpc) is 2.14. The molecule has 0 unspecified atom stereocenters. The van der Waals surface area contributed by atoms with Gasteiger partial charge in [-0.3, -0.25) is 4.79 Å². The third kappa shape index (κ3) is 1.59. The van der Waals surface area contributed by atoms with Gasteiger partial charge in [0, 0.05) is 5.75 Å². The summed E-state index contributed by atoms with van der Waals surface area (Å²) < 4.78 is 0. The molecule has 0 aromatic heterocycles. The minimum absolute atomic E-state index is 0.375. The highest BCUT2D eigenvalue weighted by Crippen LogP contribution is 2.26. The highest BCUT2D eigenvalue weighted by atomic mass is 32.2. The van der Waals surface area contributed by atoms with Crippen molar-refractivity contribution in [2.24, 2.45) is 0 Å². The van der Waals surface area contributed by atoms with Gasteiger partial charge in [0.05, 0.1) is 6.10 Å². The minimum atomic E-state index is -0.809. The number of hydrogen-bond acceptors (Lipinski definition) is 3. The summed E-state index contributed by atoms with van der Waals surface area (Å²) in [5, 5.41) is 16.9. The zero-order valence-electron chi connectivity index (χ0n) is 4.78. The Balaban J connectivity index is 2.39. The van der Waals surface area contributed by atoms with E-state index < -0.39 is 12.1 Å². The first-order valence-corrected chi connectivity index (χ1v) is 3.77. The molecule has 0 aromatic carbocycles. The van der Waals surface area contributed by atoms with Crippen LogP contribution in [0.25, 0.3) is 0 Å². The van der Waals surface area contributed by atoms with Crippen LogP contribution < -0.4 is 0 Å². The SMILES string of the molecule is O=C(O)[C@@H]1C[C@@H](O)CS1. The monoisotopic (exact) mass is 148 g/mol.